The number of hydrogen-bond donors (Lipinski definition) is 3. The Kier molecular flexibility index (Phi) is 9.09. The third kappa shape index (κ3) is 10.4. The minimum absolute atomic E-state index is 0.173. The Morgan fingerprint density at radius 3 is 2.37 bits per heavy atom. The highest BCUT2D eigenvalue weighted by Gasteiger charge is 2.17. The maximum atomic E-state index is 11.6. The second-order valence-electron chi connectivity index (χ2n) is 3.82. The van der Waals surface area contributed by atoms with Crippen molar-refractivity contribution in [1.29, 1.82) is 0 Å². The molecular formula is C10H21N3O5S. The van der Waals surface area contributed by atoms with E-state index in [-0.39, 0.29) is 18.7 Å². The lowest BCUT2D eigenvalue weighted by Crippen LogP contribution is -2.35. The molecule has 0 aliphatic heterocycles. The van der Waals surface area contributed by atoms with Gasteiger partial charge in [0.05, 0.1) is 12.4 Å². The van der Waals surface area contributed by atoms with E-state index in [0.29, 0.717) is 19.7 Å². The molecule has 0 bridgehead atoms. The van der Waals surface area contributed by atoms with Crippen molar-refractivity contribution < 1.29 is 22.7 Å². The molecule has 0 aromatic rings. The lowest BCUT2D eigenvalue weighted by Gasteiger charge is -2.06. The molecule has 0 unspecified atom stereocenters. The van der Waals surface area contributed by atoms with E-state index in [1.807, 2.05) is 0 Å². The molecule has 0 aromatic carbocycles. The molecule has 0 saturated heterocycles. The first kappa shape index (κ1) is 17.8. The van der Waals surface area contributed by atoms with Crippen LogP contribution in [0.15, 0.2) is 0 Å². The summed E-state index contributed by atoms with van der Waals surface area (Å²) in [6.45, 7) is 1.16. The van der Waals surface area contributed by atoms with E-state index in [9.17, 15) is 18.0 Å². The maximum absolute atomic E-state index is 11.6. The van der Waals surface area contributed by atoms with Crippen LogP contribution < -0.4 is 16.4 Å². The first-order valence-electron chi connectivity index (χ1n) is 5.84. The average Bonchev–Trinajstić information content (AvgIpc) is 2.33. The number of ether oxygens (including phenoxy) is 1. The number of nitrogens with two attached hydrogens (primary N) is 1. The van der Waals surface area contributed by atoms with Crippen molar-refractivity contribution in [2.75, 3.05) is 44.9 Å². The summed E-state index contributed by atoms with van der Waals surface area (Å²) >= 11 is 0. The van der Waals surface area contributed by atoms with Crippen molar-refractivity contribution >= 4 is 21.7 Å². The van der Waals surface area contributed by atoms with Crippen LogP contribution in [0.3, 0.4) is 0 Å². The Bertz CT molecular complexity index is 383. The first-order valence-corrected chi connectivity index (χ1v) is 7.66. The first-order chi connectivity index (χ1) is 8.91. The van der Waals surface area contributed by atoms with E-state index in [1.165, 1.54) is 7.11 Å². The molecule has 8 nitrogen and oxygen atoms in total. The standard InChI is InChI=1S/C10H21N3O5S/c1-18-6-5-13-10(15)8-19(16,17)7-2-9(14)12-4-3-11/h2-8,11H2,1H3,(H,12,14)(H,13,15). The zero-order valence-corrected chi connectivity index (χ0v) is 11.8. The predicted octanol–water partition coefficient (Wildman–Crippen LogP) is -2.37. The molecular weight excluding hydrogens is 274 g/mol. The lowest BCUT2D eigenvalue weighted by atomic mass is 10.4. The summed E-state index contributed by atoms with van der Waals surface area (Å²) in [5.74, 6) is -1.98. The topological polar surface area (TPSA) is 128 Å². The Balaban J connectivity index is 3.97. The quantitative estimate of drug-likeness (QED) is 0.386. The Hall–Kier alpha value is -1.19. The van der Waals surface area contributed by atoms with Gasteiger partial charge in [0.2, 0.25) is 11.8 Å². The second kappa shape index (κ2) is 9.70. The van der Waals surface area contributed by atoms with Crippen molar-refractivity contribution in [2.24, 2.45) is 5.73 Å². The number of carbonyl (C=O) groups excluding carboxylic acids is 2. The van der Waals surface area contributed by atoms with Crippen LogP contribution in [0.1, 0.15) is 6.42 Å². The molecule has 9 heteroatoms. The van der Waals surface area contributed by atoms with Gasteiger partial charge >= 0.3 is 0 Å². The van der Waals surface area contributed by atoms with Gasteiger partial charge in [0.1, 0.15) is 5.75 Å². The number of rotatable bonds is 10. The molecule has 0 fully saturated rings. The molecule has 0 atom stereocenters. The Morgan fingerprint density at radius 2 is 1.79 bits per heavy atom. The summed E-state index contributed by atoms with van der Waals surface area (Å²) in [6, 6.07) is 0. The van der Waals surface area contributed by atoms with Crippen molar-refractivity contribution in [3.63, 3.8) is 0 Å². The smallest absolute Gasteiger partial charge is 0.235 e. The van der Waals surface area contributed by atoms with Gasteiger partial charge in [-0.2, -0.15) is 0 Å². The van der Waals surface area contributed by atoms with Gasteiger partial charge < -0.3 is 21.1 Å². The summed E-state index contributed by atoms with van der Waals surface area (Å²) in [5, 5.41) is 4.86. The molecule has 0 radical (unpaired) electrons. The Labute approximate surface area is 113 Å². The van der Waals surface area contributed by atoms with Crippen LogP contribution in [-0.2, 0) is 24.2 Å². The Morgan fingerprint density at radius 1 is 1.16 bits per heavy atom. The fraction of sp³-hybridized carbons (Fsp3) is 0.800. The monoisotopic (exact) mass is 295 g/mol. The number of methoxy groups -OCH3 is 1. The zero-order valence-electron chi connectivity index (χ0n) is 11.0. The summed E-state index contributed by atoms with van der Waals surface area (Å²) < 4.78 is 27.8. The molecule has 0 aromatic heterocycles. The summed E-state index contributed by atoms with van der Waals surface area (Å²) in [4.78, 5) is 22.5. The minimum Gasteiger partial charge on any atom is -0.383 e. The molecule has 0 aliphatic rings. The number of amides is 2. The number of carbonyl (C=O) groups is 2. The highest BCUT2D eigenvalue weighted by molar-refractivity contribution is 7.92. The number of sulfone groups is 1. The zero-order chi connectivity index (χ0) is 14.7. The van der Waals surface area contributed by atoms with Crippen LogP contribution >= 0.6 is 0 Å². The van der Waals surface area contributed by atoms with Gasteiger partial charge in [-0.1, -0.05) is 0 Å². The molecule has 0 aliphatic carbocycles. The highest BCUT2D eigenvalue weighted by atomic mass is 32.2. The van der Waals surface area contributed by atoms with E-state index in [4.69, 9.17) is 10.5 Å². The lowest BCUT2D eigenvalue weighted by molar-refractivity contribution is -0.121. The van der Waals surface area contributed by atoms with Gasteiger partial charge in [0.25, 0.3) is 0 Å². The highest BCUT2D eigenvalue weighted by Crippen LogP contribution is 1.94. The SMILES string of the molecule is COCCNC(=O)CS(=O)(=O)CCC(=O)NCCN. The molecule has 4 N–H and O–H groups in total. The number of nitrogens with one attached hydrogen (secondary N) is 2. The van der Waals surface area contributed by atoms with E-state index in [2.05, 4.69) is 10.6 Å². The van der Waals surface area contributed by atoms with E-state index >= 15 is 0 Å². The summed E-state index contributed by atoms with van der Waals surface area (Å²) in [5.41, 5.74) is 5.19. The van der Waals surface area contributed by atoms with E-state index < -0.39 is 27.4 Å². The predicted molar refractivity (Wildman–Crippen MR) is 70.2 cm³/mol. The molecule has 2 amide bonds. The minimum atomic E-state index is -3.58. The van der Waals surface area contributed by atoms with E-state index in [1.54, 1.807) is 0 Å². The van der Waals surface area contributed by atoms with Crippen LogP contribution in [0.4, 0.5) is 0 Å². The normalized spacial score (nSPS) is 11.1. The van der Waals surface area contributed by atoms with Crippen LogP contribution in [-0.4, -0.2) is 65.1 Å². The molecule has 112 valence electrons. The third-order valence-corrected chi connectivity index (χ3v) is 3.61. The third-order valence-electron chi connectivity index (χ3n) is 2.09. The largest absolute Gasteiger partial charge is 0.383 e. The van der Waals surface area contributed by atoms with Crippen LogP contribution in [0, 0.1) is 0 Å². The molecule has 0 heterocycles. The van der Waals surface area contributed by atoms with Crippen molar-refractivity contribution in [2.45, 2.75) is 6.42 Å². The van der Waals surface area contributed by atoms with Gasteiger partial charge in [-0.3, -0.25) is 9.59 Å². The fourth-order valence-corrected chi connectivity index (χ4v) is 2.31. The van der Waals surface area contributed by atoms with Gasteiger partial charge in [0.15, 0.2) is 9.84 Å². The maximum Gasteiger partial charge on any atom is 0.235 e. The number of hydrogen-bond acceptors (Lipinski definition) is 6. The average molecular weight is 295 g/mol. The van der Waals surface area contributed by atoms with Crippen LogP contribution in [0.2, 0.25) is 0 Å². The van der Waals surface area contributed by atoms with Gasteiger partial charge in [0, 0.05) is 33.2 Å². The molecule has 0 saturated carbocycles. The van der Waals surface area contributed by atoms with Crippen molar-refractivity contribution in [3.05, 3.63) is 0 Å². The second-order valence-corrected chi connectivity index (χ2v) is 6.01. The van der Waals surface area contributed by atoms with Gasteiger partial charge in [-0.25, -0.2) is 8.42 Å². The summed E-state index contributed by atoms with van der Waals surface area (Å²) in [7, 11) is -2.11. The van der Waals surface area contributed by atoms with E-state index in [0.717, 1.165) is 0 Å². The summed E-state index contributed by atoms with van der Waals surface area (Å²) in [6.07, 6.45) is -0.173. The molecule has 19 heavy (non-hydrogen) atoms. The van der Waals surface area contributed by atoms with Crippen LogP contribution in [0.5, 0.6) is 0 Å². The van der Waals surface area contributed by atoms with Crippen molar-refractivity contribution in [1.82, 2.24) is 10.6 Å². The molecule has 0 spiro atoms. The molecule has 0 rings (SSSR count). The van der Waals surface area contributed by atoms with Crippen molar-refractivity contribution in [3.8, 4) is 0 Å². The van der Waals surface area contributed by atoms with Crippen LogP contribution in [0.25, 0.3) is 0 Å². The van der Waals surface area contributed by atoms with Gasteiger partial charge in [-0.15, -0.1) is 0 Å². The fourth-order valence-electron chi connectivity index (χ4n) is 1.16. The van der Waals surface area contributed by atoms with Gasteiger partial charge in [-0.05, 0) is 0 Å².